The fourth-order valence-electron chi connectivity index (χ4n) is 4.20. The minimum atomic E-state index is -0.269. The highest BCUT2D eigenvalue weighted by atomic mass is 79.9. The number of rotatable bonds is 11. The molecular formula is C25H31BrFN5O. The van der Waals surface area contributed by atoms with Crippen LogP contribution in [0.5, 0.6) is 0 Å². The second kappa shape index (κ2) is 11.1. The van der Waals surface area contributed by atoms with Crippen LogP contribution in [0.1, 0.15) is 51.2 Å². The van der Waals surface area contributed by atoms with Gasteiger partial charge in [0.15, 0.2) is 0 Å². The van der Waals surface area contributed by atoms with Crippen LogP contribution < -0.4 is 10.2 Å². The number of carbonyl (C=O) groups excluding carboxylic acids is 1. The van der Waals surface area contributed by atoms with E-state index in [1.807, 2.05) is 30.0 Å². The van der Waals surface area contributed by atoms with Gasteiger partial charge in [-0.1, -0.05) is 6.07 Å². The number of amides is 1. The Morgan fingerprint density at radius 2 is 2.06 bits per heavy atom. The van der Waals surface area contributed by atoms with Gasteiger partial charge in [0.05, 0.1) is 10.0 Å². The molecule has 1 atom stereocenters. The first-order chi connectivity index (χ1) is 15.8. The van der Waals surface area contributed by atoms with Crippen LogP contribution in [0.25, 0.3) is 0 Å². The van der Waals surface area contributed by atoms with Gasteiger partial charge in [-0.25, -0.2) is 9.37 Å². The van der Waals surface area contributed by atoms with Gasteiger partial charge in [0.1, 0.15) is 17.7 Å². The number of hydrogen-bond acceptors (Lipinski definition) is 5. The number of likely N-dealkylation sites (N-methyl/N-ethyl adjacent to an activating group) is 2. The molecule has 1 aliphatic rings. The molecule has 1 aliphatic carbocycles. The van der Waals surface area contributed by atoms with Crippen LogP contribution in [-0.2, 0) is 10.3 Å². The van der Waals surface area contributed by atoms with Crippen LogP contribution in [0.15, 0.2) is 41.0 Å². The van der Waals surface area contributed by atoms with E-state index in [-0.39, 0.29) is 23.3 Å². The largest absolute Gasteiger partial charge is 0.352 e. The van der Waals surface area contributed by atoms with Gasteiger partial charge in [-0.05, 0) is 79.4 Å². The van der Waals surface area contributed by atoms with Crippen molar-refractivity contribution < 1.29 is 9.18 Å². The van der Waals surface area contributed by atoms with Crippen molar-refractivity contribution in [1.82, 2.24) is 15.2 Å². The van der Waals surface area contributed by atoms with E-state index >= 15 is 0 Å². The van der Waals surface area contributed by atoms with Crippen molar-refractivity contribution in [3.8, 4) is 6.07 Å². The summed E-state index contributed by atoms with van der Waals surface area (Å²) in [4.78, 5) is 21.4. The fraction of sp³-hybridized carbons (Fsp3) is 0.480. The first kappa shape index (κ1) is 25.1. The van der Waals surface area contributed by atoms with E-state index in [0.717, 1.165) is 30.8 Å². The standard InChI is InChI=1S/C25H31BrFN5O/c1-4-31(17-18(3)32(5-2)23-9-6-19(15-28)16-29-23)24(33)10-13-30-25(11-12-25)20-7-8-22(27)21(26)14-20/h6-9,14,16,18,30H,4-5,10-13,17H2,1-3H3. The second-order valence-electron chi connectivity index (χ2n) is 8.47. The summed E-state index contributed by atoms with van der Waals surface area (Å²) in [6, 6.07) is 10.9. The molecule has 1 fully saturated rings. The lowest BCUT2D eigenvalue weighted by Crippen LogP contribution is -2.45. The molecule has 1 unspecified atom stereocenters. The van der Waals surface area contributed by atoms with Crippen molar-refractivity contribution in [1.29, 1.82) is 5.26 Å². The molecule has 1 N–H and O–H groups in total. The molecule has 1 saturated carbocycles. The number of carbonyl (C=O) groups is 1. The zero-order valence-electron chi connectivity index (χ0n) is 19.4. The lowest BCUT2D eigenvalue weighted by Gasteiger charge is -2.33. The Morgan fingerprint density at radius 1 is 1.30 bits per heavy atom. The van der Waals surface area contributed by atoms with Crippen molar-refractivity contribution in [2.75, 3.05) is 31.1 Å². The highest BCUT2D eigenvalue weighted by Gasteiger charge is 2.44. The van der Waals surface area contributed by atoms with Gasteiger partial charge in [0, 0.05) is 50.4 Å². The van der Waals surface area contributed by atoms with Gasteiger partial charge in [-0.2, -0.15) is 5.26 Å². The van der Waals surface area contributed by atoms with Gasteiger partial charge in [-0.3, -0.25) is 4.79 Å². The van der Waals surface area contributed by atoms with Gasteiger partial charge in [0.2, 0.25) is 5.91 Å². The summed E-state index contributed by atoms with van der Waals surface area (Å²) in [6.07, 6.45) is 3.95. The lowest BCUT2D eigenvalue weighted by atomic mass is 10.0. The molecular weight excluding hydrogens is 485 g/mol. The molecule has 176 valence electrons. The Bertz CT molecular complexity index is 1000. The first-order valence-electron chi connectivity index (χ1n) is 11.4. The summed E-state index contributed by atoms with van der Waals surface area (Å²) in [5.74, 6) is 0.641. The molecule has 8 heteroatoms. The van der Waals surface area contributed by atoms with Crippen LogP contribution in [0.4, 0.5) is 10.2 Å². The second-order valence-corrected chi connectivity index (χ2v) is 9.33. The van der Waals surface area contributed by atoms with E-state index in [1.165, 1.54) is 6.07 Å². The number of benzene rings is 1. The molecule has 33 heavy (non-hydrogen) atoms. The quantitative estimate of drug-likeness (QED) is 0.473. The monoisotopic (exact) mass is 515 g/mol. The molecule has 1 aromatic carbocycles. The number of aromatic nitrogens is 1. The van der Waals surface area contributed by atoms with Crippen LogP contribution in [-0.4, -0.2) is 48.0 Å². The van der Waals surface area contributed by atoms with Crippen molar-refractivity contribution >= 4 is 27.7 Å². The maximum atomic E-state index is 13.6. The van der Waals surface area contributed by atoms with E-state index in [1.54, 1.807) is 12.3 Å². The van der Waals surface area contributed by atoms with Gasteiger partial charge >= 0.3 is 0 Å². The zero-order valence-corrected chi connectivity index (χ0v) is 21.0. The number of halogens is 2. The molecule has 3 rings (SSSR count). The van der Waals surface area contributed by atoms with Crippen molar-refractivity contribution in [2.45, 2.75) is 51.6 Å². The van der Waals surface area contributed by atoms with Gasteiger partial charge < -0.3 is 15.1 Å². The zero-order chi connectivity index (χ0) is 24.0. The number of nitrogens with one attached hydrogen (secondary N) is 1. The molecule has 0 radical (unpaired) electrons. The average Bonchev–Trinajstić information content (AvgIpc) is 3.61. The minimum Gasteiger partial charge on any atom is -0.352 e. The fourth-order valence-corrected chi connectivity index (χ4v) is 4.58. The summed E-state index contributed by atoms with van der Waals surface area (Å²) >= 11 is 3.26. The molecule has 1 heterocycles. The molecule has 0 spiro atoms. The van der Waals surface area contributed by atoms with Gasteiger partial charge in [-0.15, -0.1) is 0 Å². The molecule has 0 saturated heterocycles. The Hall–Kier alpha value is -2.50. The van der Waals surface area contributed by atoms with Crippen LogP contribution in [0.2, 0.25) is 0 Å². The molecule has 0 aliphatic heterocycles. The SMILES string of the molecule is CCN(CC(C)N(CC)c1ccc(C#N)cn1)C(=O)CCNC1(c2ccc(F)c(Br)c2)CC1. The Labute approximate surface area is 203 Å². The number of nitrogens with zero attached hydrogens (tertiary/aromatic N) is 4. The summed E-state index contributed by atoms with van der Waals surface area (Å²) in [5.41, 5.74) is 1.43. The van der Waals surface area contributed by atoms with Crippen molar-refractivity contribution in [2.24, 2.45) is 0 Å². The molecule has 0 bridgehead atoms. The van der Waals surface area contributed by atoms with E-state index in [0.29, 0.717) is 36.1 Å². The van der Waals surface area contributed by atoms with Crippen molar-refractivity contribution in [3.63, 3.8) is 0 Å². The molecule has 1 amide bonds. The highest BCUT2D eigenvalue weighted by molar-refractivity contribution is 9.10. The summed E-state index contributed by atoms with van der Waals surface area (Å²) < 4.78 is 14.0. The lowest BCUT2D eigenvalue weighted by molar-refractivity contribution is -0.131. The third-order valence-electron chi connectivity index (χ3n) is 6.29. The number of nitriles is 1. The summed E-state index contributed by atoms with van der Waals surface area (Å²) in [7, 11) is 0. The first-order valence-corrected chi connectivity index (χ1v) is 12.2. The minimum absolute atomic E-state index is 0.0821. The highest BCUT2D eigenvalue weighted by Crippen LogP contribution is 2.46. The number of hydrogen-bond donors (Lipinski definition) is 1. The van der Waals surface area contributed by atoms with Crippen LogP contribution >= 0.6 is 15.9 Å². The molecule has 2 aromatic rings. The molecule has 6 nitrogen and oxygen atoms in total. The predicted molar refractivity (Wildman–Crippen MR) is 131 cm³/mol. The van der Waals surface area contributed by atoms with Gasteiger partial charge in [0.25, 0.3) is 0 Å². The maximum Gasteiger partial charge on any atom is 0.223 e. The Morgan fingerprint density at radius 3 is 2.61 bits per heavy atom. The summed E-state index contributed by atoms with van der Waals surface area (Å²) in [5, 5.41) is 12.5. The maximum absolute atomic E-state index is 13.6. The van der Waals surface area contributed by atoms with Crippen LogP contribution in [0, 0.1) is 17.1 Å². The van der Waals surface area contributed by atoms with E-state index in [4.69, 9.17) is 5.26 Å². The summed E-state index contributed by atoms with van der Waals surface area (Å²) in [6.45, 7) is 8.70. The number of pyridine rings is 1. The topological polar surface area (TPSA) is 72.3 Å². The van der Waals surface area contributed by atoms with Crippen LogP contribution in [0.3, 0.4) is 0 Å². The predicted octanol–water partition coefficient (Wildman–Crippen LogP) is 4.59. The molecule has 1 aromatic heterocycles. The van der Waals surface area contributed by atoms with Crippen molar-refractivity contribution in [3.05, 3.63) is 57.9 Å². The Kier molecular flexibility index (Phi) is 8.44. The smallest absolute Gasteiger partial charge is 0.223 e. The van der Waals surface area contributed by atoms with E-state index in [9.17, 15) is 9.18 Å². The third-order valence-corrected chi connectivity index (χ3v) is 6.90. The van der Waals surface area contributed by atoms with E-state index in [2.05, 4.69) is 51.0 Å². The normalized spacial score (nSPS) is 14.9. The Balaban J connectivity index is 1.54. The van der Waals surface area contributed by atoms with E-state index < -0.39 is 0 Å². The average molecular weight is 516 g/mol. The number of anilines is 1. The third kappa shape index (κ3) is 6.10.